The number of amides is 1. The van der Waals surface area contributed by atoms with Gasteiger partial charge in [0.1, 0.15) is 5.75 Å². The first kappa shape index (κ1) is 23.8. The summed E-state index contributed by atoms with van der Waals surface area (Å²) in [6.45, 7) is 5.50. The minimum Gasteiger partial charge on any atom is -0.497 e. The Morgan fingerprint density at radius 2 is 1.60 bits per heavy atom. The molecule has 6 nitrogen and oxygen atoms in total. The maximum absolute atomic E-state index is 12.6. The van der Waals surface area contributed by atoms with Crippen molar-refractivity contribution in [1.82, 2.24) is 15.1 Å². The number of methoxy groups -OCH3 is 1. The summed E-state index contributed by atoms with van der Waals surface area (Å²) in [5.41, 5.74) is 3.27. The van der Waals surface area contributed by atoms with Gasteiger partial charge in [-0.25, -0.2) is 0 Å². The van der Waals surface area contributed by atoms with Crippen LogP contribution in [0.5, 0.6) is 5.75 Å². The number of carbonyl (C=O) groups is 1. The molecule has 6 heteroatoms. The fraction of sp³-hybridized carbons (Fsp3) is 0.414. The van der Waals surface area contributed by atoms with E-state index >= 15 is 0 Å². The van der Waals surface area contributed by atoms with Gasteiger partial charge in [0.25, 0.3) is 5.91 Å². The molecule has 1 unspecified atom stereocenters. The van der Waals surface area contributed by atoms with Gasteiger partial charge < -0.3 is 15.2 Å². The minimum atomic E-state index is -0.179. The molecule has 3 aromatic rings. The summed E-state index contributed by atoms with van der Waals surface area (Å²) in [6.07, 6.45) is 2.60. The first-order chi connectivity index (χ1) is 17.1. The molecule has 0 aliphatic carbocycles. The van der Waals surface area contributed by atoms with E-state index in [4.69, 9.17) is 4.74 Å². The Hall–Kier alpha value is -2.93. The van der Waals surface area contributed by atoms with Crippen LogP contribution in [0.3, 0.4) is 0 Å². The van der Waals surface area contributed by atoms with E-state index in [0.29, 0.717) is 11.3 Å². The highest BCUT2D eigenvalue weighted by Gasteiger charge is 2.22. The molecule has 3 aromatic carbocycles. The zero-order valence-corrected chi connectivity index (χ0v) is 20.5. The molecule has 35 heavy (non-hydrogen) atoms. The summed E-state index contributed by atoms with van der Waals surface area (Å²) in [5, 5.41) is 15.5. The van der Waals surface area contributed by atoms with Gasteiger partial charge in [0.2, 0.25) is 0 Å². The van der Waals surface area contributed by atoms with E-state index in [1.54, 1.807) is 13.2 Å². The molecule has 2 aliphatic rings. The predicted octanol–water partition coefficient (Wildman–Crippen LogP) is 3.81. The lowest BCUT2D eigenvalue weighted by Gasteiger charge is -2.32. The highest BCUT2D eigenvalue weighted by molar-refractivity contribution is 5.94. The lowest BCUT2D eigenvalue weighted by molar-refractivity contribution is 0.0908. The van der Waals surface area contributed by atoms with Crippen LogP contribution in [0.25, 0.3) is 10.8 Å². The van der Waals surface area contributed by atoms with E-state index in [2.05, 4.69) is 51.5 Å². The normalized spacial score (nSPS) is 19.8. The van der Waals surface area contributed by atoms with Gasteiger partial charge >= 0.3 is 0 Å². The van der Waals surface area contributed by atoms with E-state index in [-0.39, 0.29) is 18.1 Å². The second kappa shape index (κ2) is 10.8. The van der Waals surface area contributed by atoms with Crippen LogP contribution in [-0.2, 0) is 13.1 Å². The largest absolute Gasteiger partial charge is 0.497 e. The van der Waals surface area contributed by atoms with Crippen LogP contribution in [0.2, 0.25) is 0 Å². The van der Waals surface area contributed by atoms with Crippen molar-refractivity contribution in [3.8, 4) is 5.75 Å². The number of β-amino-alcohol motifs (C(OH)–C–C–N with tert-alkyl or cyclic N) is 1. The maximum Gasteiger partial charge on any atom is 0.251 e. The average Bonchev–Trinajstić information content (AvgIpc) is 3.29. The van der Waals surface area contributed by atoms with Gasteiger partial charge in [-0.3, -0.25) is 14.6 Å². The maximum atomic E-state index is 12.6. The molecule has 5 rings (SSSR count). The first-order valence-corrected chi connectivity index (χ1v) is 12.6. The Morgan fingerprint density at radius 1 is 0.914 bits per heavy atom. The lowest BCUT2D eigenvalue weighted by Crippen LogP contribution is -2.44. The summed E-state index contributed by atoms with van der Waals surface area (Å²) in [6, 6.07) is 21.0. The minimum absolute atomic E-state index is 0.0314. The van der Waals surface area contributed by atoms with Crippen molar-refractivity contribution in [2.45, 2.75) is 44.5 Å². The van der Waals surface area contributed by atoms with E-state index in [0.717, 1.165) is 58.5 Å². The Balaban J connectivity index is 1.15. The smallest absolute Gasteiger partial charge is 0.251 e. The fourth-order valence-electron chi connectivity index (χ4n) is 5.28. The number of ether oxygens (including phenoxy) is 1. The molecule has 0 saturated carbocycles. The van der Waals surface area contributed by atoms with Crippen LogP contribution in [0.15, 0.2) is 60.7 Å². The van der Waals surface area contributed by atoms with Crippen LogP contribution in [0.4, 0.5) is 0 Å². The van der Waals surface area contributed by atoms with E-state index in [1.165, 1.54) is 21.9 Å². The number of nitrogens with one attached hydrogen (secondary N) is 1. The fourth-order valence-corrected chi connectivity index (χ4v) is 5.28. The van der Waals surface area contributed by atoms with Gasteiger partial charge in [0.15, 0.2) is 0 Å². The molecular weight excluding hydrogens is 438 g/mol. The average molecular weight is 474 g/mol. The molecule has 184 valence electrons. The number of nitrogens with zero attached hydrogens (tertiary/aromatic N) is 2. The zero-order valence-electron chi connectivity index (χ0n) is 20.5. The molecule has 0 spiro atoms. The van der Waals surface area contributed by atoms with Crippen molar-refractivity contribution in [1.29, 1.82) is 0 Å². The van der Waals surface area contributed by atoms with Gasteiger partial charge in [-0.15, -0.1) is 0 Å². The van der Waals surface area contributed by atoms with Gasteiger partial charge in [0.05, 0.1) is 13.2 Å². The molecule has 2 aliphatic heterocycles. The summed E-state index contributed by atoms with van der Waals surface area (Å²) >= 11 is 0. The van der Waals surface area contributed by atoms with E-state index < -0.39 is 0 Å². The number of carbonyl (C=O) groups excluding carboxylic acids is 1. The Labute approximate surface area is 207 Å². The Kier molecular flexibility index (Phi) is 7.32. The van der Waals surface area contributed by atoms with Gasteiger partial charge in [-0.2, -0.15) is 0 Å². The summed E-state index contributed by atoms with van der Waals surface area (Å²) in [5.74, 6) is 0.668. The number of aliphatic hydroxyl groups is 1. The summed E-state index contributed by atoms with van der Waals surface area (Å²) < 4.78 is 5.23. The third-order valence-electron chi connectivity index (χ3n) is 7.28. The molecule has 1 amide bonds. The van der Waals surface area contributed by atoms with Crippen LogP contribution >= 0.6 is 0 Å². The number of piperidine rings is 1. The van der Waals surface area contributed by atoms with Crippen LogP contribution in [-0.4, -0.2) is 66.2 Å². The number of fused-ring (bicyclic) bond motifs is 1. The molecule has 0 bridgehead atoms. The molecule has 2 heterocycles. The van der Waals surface area contributed by atoms with Crippen LogP contribution in [0, 0.1) is 0 Å². The standard InChI is InChI=1S/C29H35N3O3/c1-35-28-4-2-3-24(17-28)29(34)30-26-9-12-31(13-10-26)18-21-5-7-23-8-6-22(16-25(23)15-21)19-32-14-11-27(33)20-32/h2-8,15-17,26-27,33H,9-14,18-20H2,1H3,(H,30,34). The first-order valence-electron chi connectivity index (χ1n) is 12.6. The van der Waals surface area contributed by atoms with Crippen LogP contribution < -0.4 is 10.1 Å². The second-order valence-electron chi connectivity index (χ2n) is 9.95. The Bertz CT molecular complexity index is 1170. The van der Waals surface area contributed by atoms with E-state index in [9.17, 15) is 9.90 Å². The third-order valence-corrected chi connectivity index (χ3v) is 7.28. The van der Waals surface area contributed by atoms with Gasteiger partial charge in [-0.1, -0.05) is 30.3 Å². The number of rotatable bonds is 7. The molecule has 2 fully saturated rings. The monoisotopic (exact) mass is 473 g/mol. The molecule has 0 aromatic heterocycles. The summed E-state index contributed by atoms with van der Waals surface area (Å²) in [4.78, 5) is 17.4. The SMILES string of the molecule is COc1cccc(C(=O)NC2CCN(Cc3ccc4ccc(CN5CCC(O)C5)cc4c3)CC2)c1. The highest BCUT2D eigenvalue weighted by atomic mass is 16.5. The molecule has 2 saturated heterocycles. The van der Waals surface area contributed by atoms with Gasteiger partial charge in [-0.05, 0) is 71.5 Å². The topological polar surface area (TPSA) is 65.0 Å². The highest BCUT2D eigenvalue weighted by Crippen LogP contribution is 2.22. The van der Waals surface area contributed by atoms with Crippen molar-refractivity contribution in [2.75, 3.05) is 33.3 Å². The number of aliphatic hydroxyl groups excluding tert-OH is 1. The second-order valence-corrected chi connectivity index (χ2v) is 9.95. The lowest BCUT2D eigenvalue weighted by atomic mass is 10.0. The number of benzene rings is 3. The van der Waals surface area contributed by atoms with Crippen molar-refractivity contribution in [3.05, 3.63) is 77.4 Å². The van der Waals surface area contributed by atoms with Gasteiger partial charge in [0, 0.05) is 50.9 Å². The predicted molar refractivity (Wildman–Crippen MR) is 139 cm³/mol. The number of hydrogen-bond donors (Lipinski definition) is 2. The van der Waals surface area contributed by atoms with E-state index in [1.807, 2.05) is 18.2 Å². The van der Waals surface area contributed by atoms with Crippen molar-refractivity contribution in [3.63, 3.8) is 0 Å². The third kappa shape index (κ3) is 6.01. The van der Waals surface area contributed by atoms with Crippen molar-refractivity contribution >= 4 is 16.7 Å². The molecular formula is C29H35N3O3. The number of hydrogen-bond acceptors (Lipinski definition) is 5. The quantitative estimate of drug-likeness (QED) is 0.546. The molecule has 2 N–H and O–H groups in total. The zero-order chi connectivity index (χ0) is 24.2. The Morgan fingerprint density at radius 3 is 2.26 bits per heavy atom. The number of likely N-dealkylation sites (tertiary alicyclic amines) is 2. The molecule has 0 radical (unpaired) electrons. The van der Waals surface area contributed by atoms with Crippen molar-refractivity contribution in [2.24, 2.45) is 0 Å². The van der Waals surface area contributed by atoms with Crippen molar-refractivity contribution < 1.29 is 14.6 Å². The summed E-state index contributed by atoms with van der Waals surface area (Å²) in [7, 11) is 1.61. The molecule has 1 atom stereocenters. The van der Waals surface area contributed by atoms with Crippen LogP contribution in [0.1, 0.15) is 40.7 Å².